The maximum atomic E-state index is 12.3. The van der Waals surface area contributed by atoms with E-state index in [0.29, 0.717) is 12.1 Å². The highest BCUT2D eigenvalue weighted by atomic mass is 19.1. The molecule has 0 aromatic carbocycles. The molecular formula is C7H8FN. The van der Waals surface area contributed by atoms with Crippen LogP contribution in [0.15, 0.2) is 35.8 Å². The molecule has 0 aromatic rings. The van der Waals surface area contributed by atoms with Crippen molar-refractivity contribution >= 4 is 0 Å². The number of allylic oxidation sites excluding steroid dienone is 5. The van der Waals surface area contributed by atoms with E-state index in [1.165, 1.54) is 12.2 Å². The second kappa shape index (κ2) is 2.49. The highest BCUT2D eigenvalue weighted by Gasteiger charge is 1.91. The van der Waals surface area contributed by atoms with E-state index >= 15 is 0 Å². The van der Waals surface area contributed by atoms with E-state index < -0.39 is 0 Å². The monoisotopic (exact) mass is 125 g/mol. The first-order valence-corrected chi connectivity index (χ1v) is 2.78. The Morgan fingerprint density at radius 1 is 1.33 bits per heavy atom. The zero-order valence-corrected chi connectivity index (χ0v) is 4.97. The van der Waals surface area contributed by atoms with Gasteiger partial charge in [-0.25, -0.2) is 4.39 Å². The molecule has 2 heteroatoms. The first kappa shape index (κ1) is 6.08. The number of hydrogen-bond donors (Lipinski definition) is 1. The molecule has 0 aliphatic heterocycles. The van der Waals surface area contributed by atoms with E-state index in [1.807, 2.05) is 0 Å². The second-order valence-electron chi connectivity index (χ2n) is 1.86. The van der Waals surface area contributed by atoms with Gasteiger partial charge in [-0.3, -0.25) is 0 Å². The lowest BCUT2D eigenvalue weighted by Gasteiger charge is -1.84. The fourth-order valence-electron chi connectivity index (χ4n) is 0.620. The van der Waals surface area contributed by atoms with Crippen LogP contribution in [-0.2, 0) is 0 Å². The van der Waals surface area contributed by atoms with Gasteiger partial charge in [0, 0.05) is 5.70 Å². The van der Waals surface area contributed by atoms with Gasteiger partial charge in [-0.2, -0.15) is 0 Å². The molecule has 48 valence electrons. The smallest absolute Gasteiger partial charge is 0.119 e. The Morgan fingerprint density at radius 2 is 2.11 bits per heavy atom. The fourth-order valence-corrected chi connectivity index (χ4v) is 0.620. The summed E-state index contributed by atoms with van der Waals surface area (Å²) in [5.74, 6) is -0.216. The molecule has 1 rings (SSSR count). The van der Waals surface area contributed by atoms with Crippen LogP contribution in [0.25, 0.3) is 0 Å². The SMILES string of the molecule is NC1=CCC=C(F)C=C1. The van der Waals surface area contributed by atoms with Gasteiger partial charge in [0.05, 0.1) is 0 Å². The lowest BCUT2D eigenvalue weighted by atomic mass is 10.3. The Balaban J connectivity index is 2.75. The van der Waals surface area contributed by atoms with Gasteiger partial charge in [0.15, 0.2) is 0 Å². The van der Waals surface area contributed by atoms with Crippen molar-refractivity contribution in [3.8, 4) is 0 Å². The molecule has 0 heterocycles. The van der Waals surface area contributed by atoms with Gasteiger partial charge < -0.3 is 5.73 Å². The van der Waals surface area contributed by atoms with Crippen LogP contribution in [0.1, 0.15) is 6.42 Å². The van der Waals surface area contributed by atoms with Crippen LogP contribution < -0.4 is 5.73 Å². The average molecular weight is 125 g/mol. The number of halogens is 1. The highest BCUT2D eigenvalue weighted by Crippen LogP contribution is 2.07. The summed E-state index contributed by atoms with van der Waals surface area (Å²) in [7, 11) is 0. The summed E-state index contributed by atoms with van der Waals surface area (Å²) in [4.78, 5) is 0. The molecule has 0 saturated heterocycles. The first-order chi connectivity index (χ1) is 4.29. The number of nitrogens with two attached hydrogens (primary N) is 1. The van der Waals surface area contributed by atoms with Crippen molar-refractivity contribution in [1.82, 2.24) is 0 Å². The summed E-state index contributed by atoms with van der Waals surface area (Å²) in [6.07, 6.45) is 6.75. The van der Waals surface area contributed by atoms with Crippen LogP contribution in [0.3, 0.4) is 0 Å². The van der Waals surface area contributed by atoms with E-state index in [-0.39, 0.29) is 5.83 Å². The predicted octanol–water partition coefficient (Wildman–Crippen LogP) is 1.64. The maximum Gasteiger partial charge on any atom is 0.119 e. The molecule has 9 heavy (non-hydrogen) atoms. The van der Waals surface area contributed by atoms with Crippen molar-refractivity contribution in [1.29, 1.82) is 0 Å². The minimum Gasteiger partial charge on any atom is -0.399 e. The van der Waals surface area contributed by atoms with Gasteiger partial charge in [-0.05, 0) is 24.6 Å². The van der Waals surface area contributed by atoms with Crippen molar-refractivity contribution in [2.24, 2.45) is 5.73 Å². The quantitative estimate of drug-likeness (QED) is 0.523. The second-order valence-corrected chi connectivity index (χ2v) is 1.86. The van der Waals surface area contributed by atoms with Crippen molar-refractivity contribution in [3.63, 3.8) is 0 Å². The molecule has 0 fully saturated rings. The Bertz CT molecular complexity index is 169. The van der Waals surface area contributed by atoms with E-state index in [0.717, 1.165) is 0 Å². The highest BCUT2D eigenvalue weighted by molar-refractivity contribution is 5.26. The molecule has 0 saturated carbocycles. The Labute approximate surface area is 53.4 Å². The molecule has 1 nitrogen and oxygen atoms in total. The Hall–Kier alpha value is -1.05. The molecule has 0 radical (unpaired) electrons. The predicted molar refractivity (Wildman–Crippen MR) is 35.2 cm³/mol. The van der Waals surface area contributed by atoms with Crippen molar-refractivity contribution in [2.75, 3.05) is 0 Å². The molecule has 0 unspecified atom stereocenters. The molecule has 0 atom stereocenters. The third kappa shape index (κ3) is 1.72. The topological polar surface area (TPSA) is 26.0 Å². The maximum absolute atomic E-state index is 12.3. The molecular weight excluding hydrogens is 117 g/mol. The minimum atomic E-state index is -0.216. The summed E-state index contributed by atoms with van der Waals surface area (Å²) in [5, 5.41) is 0. The first-order valence-electron chi connectivity index (χ1n) is 2.78. The van der Waals surface area contributed by atoms with Crippen LogP contribution in [0.4, 0.5) is 4.39 Å². The van der Waals surface area contributed by atoms with Crippen molar-refractivity contribution < 1.29 is 4.39 Å². The van der Waals surface area contributed by atoms with Crippen molar-refractivity contribution in [2.45, 2.75) is 6.42 Å². The van der Waals surface area contributed by atoms with Gasteiger partial charge in [0.25, 0.3) is 0 Å². The normalized spacial score (nSPS) is 18.3. The van der Waals surface area contributed by atoms with Crippen LogP contribution in [0.5, 0.6) is 0 Å². The third-order valence-corrected chi connectivity index (χ3v) is 1.10. The molecule has 1 aliphatic carbocycles. The van der Waals surface area contributed by atoms with E-state index in [2.05, 4.69) is 0 Å². The van der Waals surface area contributed by atoms with Crippen molar-refractivity contribution in [3.05, 3.63) is 35.8 Å². The van der Waals surface area contributed by atoms with Crippen LogP contribution >= 0.6 is 0 Å². The van der Waals surface area contributed by atoms with E-state index in [9.17, 15) is 4.39 Å². The molecule has 1 aliphatic rings. The molecule has 0 spiro atoms. The Kier molecular flexibility index (Phi) is 1.68. The minimum absolute atomic E-state index is 0.216. The number of rotatable bonds is 0. The number of hydrogen-bond acceptors (Lipinski definition) is 1. The zero-order valence-electron chi connectivity index (χ0n) is 4.97. The molecule has 0 bridgehead atoms. The largest absolute Gasteiger partial charge is 0.399 e. The Morgan fingerprint density at radius 3 is 2.89 bits per heavy atom. The van der Waals surface area contributed by atoms with Gasteiger partial charge in [-0.15, -0.1) is 0 Å². The molecule has 2 N–H and O–H groups in total. The lowest BCUT2D eigenvalue weighted by Crippen LogP contribution is -1.90. The van der Waals surface area contributed by atoms with Gasteiger partial charge >= 0.3 is 0 Å². The average Bonchev–Trinajstić information content (AvgIpc) is 1.97. The van der Waals surface area contributed by atoms with E-state index in [1.54, 1.807) is 12.2 Å². The summed E-state index contributed by atoms with van der Waals surface area (Å²) in [6.45, 7) is 0. The van der Waals surface area contributed by atoms with Crippen LogP contribution in [0, 0.1) is 0 Å². The summed E-state index contributed by atoms with van der Waals surface area (Å²) >= 11 is 0. The molecule has 0 aromatic heterocycles. The summed E-state index contributed by atoms with van der Waals surface area (Å²) in [6, 6.07) is 0. The van der Waals surface area contributed by atoms with Gasteiger partial charge in [0.2, 0.25) is 0 Å². The third-order valence-electron chi connectivity index (χ3n) is 1.10. The van der Waals surface area contributed by atoms with Gasteiger partial charge in [0.1, 0.15) is 5.83 Å². The van der Waals surface area contributed by atoms with E-state index in [4.69, 9.17) is 5.73 Å². The molecule has 0 amide bonds. The summed E-state index contributed by atoms with van der Waals surface area (Å²) in [5.41, 5.74) is 6.00. The van der Waals surface area contributed by atoms with Crippen LogP contribution in [0.2, 0.25) is 0 Å². The zero-order chi connectivity index (χ0) is 6.69. The summed E-state index contributed by atoms with van der Waals surface area (Å²) < 4.78 is 12.3. The standard InChI is InChI=1S/C7H8FN/c8-6-2-1-3-7(9)5-4-6/h2-5H,1,9H2. The fraction of sp³-hybridized carbons (Fsp3) is 0.143. The van der Waals surface area contributed by atoms with Gasteiger partial charge in [-0.1, -0.05) is 6.08 Å². The lowest BCUT2D eigenvalue weighted by molar-refractivity contribution is 0.663. The van der Waals surface area contributed by atoms with Crippen LogP contribution in [-0.4, -0.2) is 0 Å².